The molecular formula is C16H19ClN4. The summed E-state index contributed by atoms with van der Waals surface area (Å²) in [7, 11) is 0. The Morgan fingerprint density at radius 3 is 2.71 bits per heavy atom. The predicted octanol–water partition coefficient (Wildman–Crippen LogP) is 2.83. The van der Waals surface area contributed by atoms with E-state index in [9.17, 15) is 0 Å². The van der Waals surface area contributed by atoms with Crippen LogP contribution in [0.5, 0.6) is 0 Å². The van der Waals surface area contributed by atoms with Crippen LogP contribution < -0.4 is 4.90 Å². The number of rotatable bonds is 4. The Bertz CT molecular complexity index is 656. The van der Waals surface area contributed by atoms with Crippen LogP contribution in [-0.2, 0) is 12.4 Å². The molecule has 0 radical (unpaired) electrons. The molecule has 0 amide bonds. The molecule has 0 N–H and O–H groups in total. The van der Waals surface area contributed by atoms with Crippen LogP contribution in [0, 0.1) is 18.8 Å². The van der Waals surface area contributed by atoms with E-state index in [0.717, 1.165) is 35.6 Å². The summed E-state index contributed by atoms with van der Waals surface area (Å²) in [6, 6.07) is 6.29. The smallest absolute Gasteiger partial charge is 0.128 e. The number of hydrogen-bond donors (Lipinski definition) is 0. The molecule has 0 spiro atoms. The van der Waals surface area contributed by atoms with Crippen LogP contribution in [0.3, 0.4) is 0 Å². The fourth-order valence-corrected chi connectivity index (χ4v) is 3.39. The van der Waals surface area contributed by atoms with E-state index in [1.807, 2.05) is 16.9 Å². The lowest BCUT2D eigenvalue weighted by atomic mass is 10.2. The van der Waals surface area contributed by atoms with E-state index in [-0.39, 0.29) is 0 Å². The molecule has 4 rings (SSSR count). The highest BCUT2D eigenvalue weighted by molar-refractivity contribution is 6.16. The van der Waals surface area contributed by atoms with E-state index >= 15 is 0 Å². The van der Waals surface area contributed by atoms with Crippen molar-refractivity contribution in [3.63, 3.8) is 0 Å². The van der Waals surface area contributed by atoms with Gasteiger partial charge in [-0.05, 0) is 42.9 Å². The molecule has 1 saturated heterocycles. The lowest BCUT2D eigenvalue weighted by molar-refractivity contribution is 0.672. The molecule has 3 heterocycles. The van der Waals surface area contributed by atoms with Crippen LogP contribution in [0.25, 0.3) is 0 Å². The van der Waals surface area contributed by atoms with Gasteiger partial charge in [0.2, 0.25) is 0 Å². The maximum atomic E-state index is 5.79. The van der Waals surface area contributed by atoms with Crippen molar-refractivity contribution in [3.05, 3.63) is 41.3 Å². The third kappa shape index (κ3) is 2.53. The fourth-order valence-electron chi connectivity index (χ4n) is 3.24. The summed E-state index contributed by atoms with van der Waals surface area (Å²) in [4.78, 5) is 7.22. The second-order valence-corrected chi connectivity index (χ2v) is 6.48. The first-order valence-electron chi connectivity index (χ1n) is 7.52. The second-order valence-electron chi connectivity index (χ2n) is 6.21. The van der Waals surface area contributed by atoms with Crippen molar-refractivity contribution in [3.8, 4) is 0 Å². The van der Waals surface area contributed by atoms with Crippen molar-refractivity contribution < 1.29 is 0 Å². The Labute approximate surface area is 129 Å². The van der Waals surface area contributed by atoms with Crippen LogP contribution in [0.4, 0.5) is 5.82 Å². The molecule has 110 valence electrons. The van der Waals surface area contributed by atoms with Crippen molar-refractivity contribution in [1.82, 2.24) is 14.8 Å². The molecule has 2 aromatic rings. The summed E-state index contributed by atoms with van der Waals surface area (Å²) in [6.45, 7) is 5.21. The lowest BCUT2D eigenvalue weighted by Gasteiger charge is -2.20. The number of alkyl halides is 1. The molecule has 2 atom stereocenters. The van der Waals surface area contributed by atoms with Crippen molar-refractivity contribution >= 4 is 17.4 Å². The van der Waals surface area contributed by atoms with Crippen LogP contribution in [-0.4, -0.2) is 27.9 Å². The van der Waals surface area contributed by atoms with Gasteiger partial charge in [-0.1, -0.05) is 6.07 Å². The van der Waals surface area contributed by atoms with E-state index in [1.165, 1.54) is 25.1 Å². The van der Waals surface area contributed by atoms with E-state index in [0.29, 0.717) is 5.88 Å². The van der Waals surface area contributed by atoms with Crippen LogP contribution in [0.15, 0.2) is 24.4 Å². The Kier molecular flexibility index (Phi) is 3.14. The maximum Gasteiger partial charge on any atom is 0.128 e. The Morgan fingerprint density at radius 2 is 2.05 bits per heavy atom. The first kappa shape index (κ1) is 13.1. The zero-order chi connectivity index (χ0) is 14.4. The molecule has 5 heteroatoms. The van der Waals surface area contributed by atoms with Gasteiger partial charge in [-0.2, -0.15) is 5.10 Å². The fraction of sp³-hybridized carbons (Fsp3) is 0.500. The number of fused-ring (bicyclic) bond motifs is 1. The summed E-state index contributed by atoms with van der Waals surface area (Å²) in [5.74, 6) is 3.46. The third-order valence-corrected chi connectivity index (χ3v) is 4.92. The normalized spacial score (nSPS) is 23.4. The minimum atomic E-state index is 0.459. The van der Waals surface area contributed by atoms with Gasteiger partial charge in [0.1, 0.15) is 5.82 Å². The van der Waals surface area contributed by atoms with Crippen molar-refractivity contribution in [2.45, 2.75) is 25.8 Å². The molecule has 0 aromatic carbocycles. The molecule has 2 aromatic heterocycles. The predicted molar refractivity (Wildman–Crippen MR) is 83.7 cm³/mol. The number of pyridine rings is 1. The highest BCUT2D eigenvalue weighted by atomic mass is 35.5. The van der Waals surface area contributed by atoms with Crippen molar-refractivity contribution in [1.29, 1.82) is 0 Å². The van der Waals surface area contributed by atoms with Gasteiger partial charge >= 0.3 is 0 Å². The van der Waals surface area contributed by atoms with Gasteiger partial charge in [0.05, 0.1) is 18.1 Å². The average molecular weight is 303 g/mol. The van der Waals surface area contributed by atoms with Crippen LogP contribution in [0.1, 0.15) is 23.4 Å². The molecule has 1 aliphatic heterocycles. The molecule has 21 heavy (non-hydrogen) atoms. The summed E-state index contributed by atoms with van der Waals surface area (Å²) >= 11 is 5.79. The first-order chi connectivity index (χ1) is 10.2. The molecule has 2 aliphatic rings. The average Bonchev–Trinajstić information content (AvgIpc) is 2.90. The van der Waals surface area contributed by atoms with Crippen molar-refractivity contribution in [2.24, 2.45) is 11.8 Å². The standard InChI is InChI=1S/C16H19ClN4/c1-11-12(10-21-5-4-15(7-17)19-21)2-3-16(18-11)20-8-13-6-14(13)9-20/h2-5,13-14H,6-10H2,1H3. The summed E-state index contributed by atoms with van der Waals surface area (Å²) in [6.07, 6.45) is 3.40. The third-order valence-electron chi connectivity index (χ3n) is 4.65. The van der Waals surface area contributed by atoms with E-state index in [1.54, 1.807) is 0 Å². The molecule has 1 aliphatic carbocycles. The summed E-state index contributed by atoms with van der Waals surface area (Å²) in [5, 5.41) is 4.43. The van der Waals surface area contributed by atoms with E-state index in [2.05, 4.69) is 29.1 Å². The second kappa shape index (κ2) is 5.02. The lowest BCUT2D eigenvalue weighted by Crippen LogP contribution is -2.23. The van der Waals surface area contributed by atoms with Crippen molar-refractivity contribution in [2.75, 3.05) is 18.0 Å². The summed E-state index contributed by atoms with van der Waals surface area (Å²) in [5.41, 5.74) is 3.22. The molecule has 2 fully saturated rings. The Balaban J connectivity index is 1.50. The van der Waals surface area contributed by atoms with Crippen LogP contribution >= 0.6 is 11.6 Å². The maximum absolute atomic E-state index is 5.79. The molecule has 1 saturated carbocycles. The topological polar surface area (TPSA) is 34.0 Å². The number of nitrogens with zero attached hydrogens (tertiary/aromatic N) is 4. The zero-order valence-electron chi connectivity index (χ0n) is 12.2. The number of aromatic nitrogens is 3. The highest BCUT2D eigenvalue weighted by Crippen LogP contribution is 2.45. The van der Waals surface area contributed by atoms with Gasteiger partial charge < -0.3 is 4.90 Å². The van der Waals surface area contributed by atoms with Gasteiger partial charge in [-0.25, -0.2) is 4.98 Å². The number of aryl methyl sites for hydroxylation is 1. The number of halogens is 1. The number of hydrogen-bond acceptors (Lipinski definition) is 3. The highest BCUT2D eigenvalue weighted by Gasteiger charge is 2.45. The SMILES string of the molecule is Cc1nc(N2CC3CC3C2)ccc1Cn1ccc(CCl)n1. The van der Waals surface area contributed by atoms with E-state index in [4.69, 9.17) is 16.6 Å². The Morgan fingerprint density at radius 1 is 1.24 bits per heavy atom. The molecular weight excluding hydrogens is 284 g/mol. The minimum Gasteiger partial charge on any atom is -0.356 e. The van der Waals surface area contributed by atoms with Crippen LogP contribution in [0.2, 0.25) is 0 Å². The largest absolute Gasteiger partial charge is 0.356 e. The van der Waals surface area contributed by atoms with Gasteiger partial charge in [0.25, 0.3) is 0 Å². The van der Waals surface area contributed by atoms with Gasteiger partial charge in [-0.15, -0.1) is 11.6 Å². The van der Waals surface area contributed by atoms with Gasteiger partial charge in [0.15, 0.2) is 0 Å². The molecule has 2 unspecified atom stereocenters. The number of piperidine rings is 1. The monoisotopic (exact) mass is 302 g/mol. The number of anilines is 1. The van der Waals surface area contributed by atoms with Gasteiger partial charge in [-0.3, -0.25) is 4.68 Å². The Hall–Kier alpha value is -1.55. The first-order valence-corrected chi connectivity index (χ1v) is 8.06. The zero-order valence-corrected chi connectivity index (χ0v) is 12.9. The minimum absolute atomic E-state index is 0.459. The molecule has 4 nitrogen and oxygen atoms in total. The summed E-state index contributed by atoms with van der Waals surface area (Å²) < 4.78 is 1.92. The van der Waals surface area contributed by atoms with Gasteiger partial charge in [0, 0.05) is 25.0 Å². The van der Waals surface area contributed by atoms with E-state index < -0.39 is 0 Å². The molecule has 0 bridgehead atoms. The quantitative estimate of drug-likeness (QED) is 0.815.